The predicted octanol–water partition coefficient (Wildman–Crippen LogP) is 3.49. The molecular formula is C15H16F2N2O2. The summed E-state index contributed by atoms with van der Waals surface area (Å²) in [6, 6.07) is 3.44. The maximum Gasteiger partial charge on any atom is 0.338 e. The fourth-order valence-corrected chi connectivity index (χ4v) is 2.04. The maximum atomic E-state index is 13.6. The molecule has 0 bridgehead atoms. The minimum absolute atomic E-state index is 0.0305. The van der Waals surface area contributed by atoms with Gasteiger partial charge in [-0.2, -0.15) is 0 Å². The van der Waals surface area contributed by atoms with Gasteiger partial charge in [0, 0.05) is 31.5 Å². The summed E-state index contributed by atoms with van der Waals surface area (Å²) < 4.78 is 28.9. The molecule has 0 aliphatic rings. The van der Waals surface area contributed by atoms with E-state index >= 15 is 0 Å². The first-order chi connectivity index (χ1) is 10.0. The fourth-order valence-electron chi connectivity index (χ4n) is 2.04. The van der Waals surface area contributed by atoms with Crippen molar-refractivity contribution in [3.8, 4) is 0 Å². The molecule has 21 heavy (non-hydrogen) atoms. The van der Waals surface area contributed by atoms with Crippen LogP contribution in [0.2, 0.25) is 0 Å². The first-order valence-electron chi connectivity index (χ1n) is 6.62. The van der Waals surface area contributed by atoms with Gasteiger partial charge < -0.3 is 15.0 Å². The lowest BCUT2D eigenvalue weighted by molar-refractivity contribution is 0.0692. The Hall–Kier alpha value is -2.37. The topological polar surface area (TPSA) is 54.3 Å². The lowest BCUT2D eigenvalue weighted by Crippen LogP contribution is -2.06. The minimum Gasteiger partial charge on any atom is -0.478 e. The van der Waals surface area contributed by atoms with Crippen LogP contribution in [0.5, 0.6) is 0 Å². The van der Waals surface area contributed by atoms with Crippen molar-refractivity contribution in [2.75, 3.05) is 5.32 Å². The molecule has 0 aliphatic carbocycles. The summed E-state index contributed by atoms with van der Waals surface area (Å²) in [5.41, 5.74) is 0.351. The Bertz CT molecular complexity index is 653. The summed E-state index contributed by atoms with van der Waals surface area (Å²) in [5.74, 6) is -3.32. The van der Waals surface area contributed by atoms with Gasteiger partial charge in [-0.25, -0.2) is 13.6 Å². The lowest BCUT2D eigenvalue weighted by Gasteiger charge is -2.08. The van der Waals surface area contributed by atoms with Crippen LogP contribution in [-0.2, 0) is 13.1 Å². The van der Waals surface area contributed by atoms with E-state index in [2.05, 4.69) is 12.2 Å². The molecule has 2 aromatic rings. The molecule has 0 saturated carbocycles. The Labute approximate surface area is 121 Å². The molecule has 1 heterocycles. The zero-order valence-corrected chi connectivity index (χ0v) is 11.6. The molecular weight excluding hydrogens is 278 g/mol. The standard InChI is InChI=1S/C15H16F2N2O2/c1-2-4-19-5-3-10(9-19)8-18-14-6-11(15(20)21)12(16)7-13(14)17/h3,5-7,9,18H,2,4,8H2,1H3,(H,20,21). The Morgan fingerprint density at radius 3 is 2.76 bits per heavy atom. The van der Waals surface area contributed by atoms with Crippen LogP contribution in [0, 0.1) is 11.6 Å². The Morgan fingerprint density at radius 1 is 1.33 bits per heavy atom. The number of carbonyl (C=O) groups is 1. The first kappa shape index (κ1) is 15.0. The highest BCUT2D eigenvalue weighted by Gasteiger charge is 2.15. The van der Waals surface area contributed by atoms with Crippen molar-refractivity contribution >= 4 is 11.7 Å². The van der Waals surface area contributed by atoms with Crippen molar-refractivity contribution in [2.24, 2.45) is 0 Å². The van der Waals surface area contributed by atoms with E-state index in [1.807, 2.05) is 23.0 Å². The molecule has 0 radical (unpaired) electrons. The van der Waals surface area contributed by atoms with E-state index in [-0.39, 0.29) is 5.69 Å². The summed E-state index contributed by atoms with van der Waals surface area (Å²) >= 11 is 0. The van der Waals surface area contributed by atoms with Crippen molar-refractivity contribution in [3.63, 3.8) is 0 Å². The molecule has 0 unspecified atom stereocenters. The minimum atomic E-state index is -1.43. The molecule has 112 valence electrons. The van der Waals surface area contributed by atoms with Gasteiger partial charge in [0.1, 0.15) is 11.6 Å². The van der Waals surface area contributed by atoms with Gasteiger partial charge in [-0.1, -0.05) is 6.92 Å². The molecule has 0 atom stereocenters. The molecule has 6 heteroatoms. The molecule has 0 aliphatic heterocycles. The Balaban J connectivity index is 2.11. The average Bonchev–Trinajstić information content (AvgIpc) is 2.85. The second kappa shape index (κ2) is 6.39. The molecule has 2 N–H and O–H groups in total. The van der Waals surface area contributed by atoms with Crippen LogP contribution in [0.15, 0.2) is 30.6 Å². The lowest BCUT2D eigenvalue weighted by atomic mass is 10.1. The highest BCUT2D eigenvalue weighted by atomic mass is 19.1. The maximum absolute atomic E-state index is 13.6. The second-order valence-electron chi connectivity index (χ2n) is 4.73. The SMILES string of the molecule is CCCn1ccc(CNc2cc(C(=O)O)c(F)cc2F)c1. The summed E-state index contributed by atoms with van der Waals surface area (Å²) in [7, 11) is 0. The van der Waals surface area contributed by atoms with E-state index in [0.29, 0.717) is 12.6 Å². The fraction of sp³-hybridized carbons (Fsp3) is 0.267. The van der Waals surface area contributed by atoms with Crippen LogP contribution in [0.4, 0.5) is 14.5 Å². The molecule has 0 fully saturated rings. The Morgan fingerprint density at radius 2 is 2.10 bits per heavy atom. The third-order valence-electron chi connectivity index (χ3n) is 3.06. The number of benzene rings is 1. The van der Waals surface area contributed by atoms with E-state index in [0.717, 1.165) is 24.6 Å². The van der Waals surface area contributed by atoms with Crippen molar-refractivity contribution < 1.29 is 18.7 Å². The first-order valence-corrected chi connectivity index (χ1v) is 6.62. The van der Waals surface area contributed by atoms with Gasteiger partial charge >= 0.3 is 5.97 Å². The number of carboxylic acid groups (broad SMARTS) is 1. The third-order valence-corrected chi connectivity index (χ3v) is 3.06. The summed E-state index contributed by atoms with van der Waals surface area (Å²) in [4.78, 5) is 10.8. The van der Waals surface area contributed by atoms with Gasteiger partial charge in [0.2, 0.25) is 0 Å². The number of aromatic nitrogens is 1. The highest BCUT2D eigenvalue weighted by Crippen LogP contribution is 2.20. The van der Waals surface area contributed by atoms with Crippen LogP contribution in [-0.4, -0.2) is 15.6 Å². The normalized spacial score (nSPS) is 10.6. The number of nitrogens with zero attached hydrogens (tertiary/aromatic N) is 1. The summed E-state index contributed by atoms with van der Waals surface area (Å²) in [5, 5.41) is 11.6. The van der Waals surface area contributed by atoms with Gasteiger partial charge in [-0.3, -0.25) is 0 Å². The summed E-state index contributed by atoms with van der Waals surface area (Å²) in [6.07, 6.45) is 4.86. The molecule has 2 rings (SSSR count). The van der Waals surface area contributed by atoms with Crippen molar-refractivity contribution in [2.45, 2.75) is 26.4 Å². The van der Waals surface area contributed by atoms with E-state index in [4.69, 9.17) is 5.11 Å². The number of aryl methyl sites for hydroxylation is 1. The number of anilines is 1. The molecule has 1 aromatic heterocycles. The van der Waals surface area contributed by atoms with E-state index in [1.54, 1.807) is 0 Å². The van der Waals surface area contributed by atoms with Crippen LogP contribution in [0.1, 0.15) is 29.3 Å². The van der Waals surface area contributed by atoms with Crippen LogP contribution >= 0.6 is 0 Å². The highest BCUT2D eigenvalue weighted by molar-refractivity contribution is 5.89. The number of hydrogen-bond acceptors (Lipinski definition) is 2. The molecule has 0 saturated heterocycles. The van der Waals surface area contributed by atoms with E-state index in [1.165, 1.54) is 0 Å². The molecule has 1 aromatic carbocycles. The third kappa shape index (κ3) is 3.59. The largest absolute Gasteiger partial charge is 0.478 e. The number of halogens is 2. The smallest absolute Gasteiger partial charge is 0.338 e. The van der Waals surface area contributed by atoms with E-state index in [9.17, 15) is 13.6 Å². The summed E-state index contributed by atoms with van der Waals surface area (Å²) in [6.45, 7) is 3.30. The second-order valence-corrected chi connectivity index (χ2v) is 4.73. The number of nitrogens with one attached hydrogen (secondary N) is 1. The molecule has 0 spiro atoms. The number of carboxylic acids is 1. The van der Waals surface area contributed by atoms with Crippen molar-refractivity contribution in [1.82, 2.24) is 4.57 Å². The van der Waals surface area contributed by atoms with Gasteiger partial charge in [-0.15, -0.1) is 0 Å². The quantitative estimate of drug-likeness (QED) is 0.857. The zero-order valence-electron chi connectivity index (χ0n) is 11.6. The van der Waals surface area contributed by atoms with Gasteiger partial charge in [-0.05, 0) is 24.1 Å². The Kier molecular flexibility index (Phi) is 4.57. The van der Waals surface area contributed by atoms with Gasteiger partial charge in [0.15, 0.2) is 0 Å². The number of hydrogen-bond donors (Lipinski definition) is 2. The van der Waals surface area contributed by atoms with Crippen LogP contribution in [0.3, 0.4) is 0 Å². The predicted molar refractivity (Wildman–Crippen MR) is 75.4 cm³/mol. The number of aromatic carboxylic acids is 1. The van der Waals surface area contributed by atoms with Crippen molar-refractivity contribution in [1.29, 1.82) is 0 Å². The molecule has 0 amide bonds. The van der Waals surface area contributed by atoms with Crippen LogP contribution < -0.4 is 5.32 Å². The van der Waals surface area contributed by atoms with E-state index < -0.39 is 23.2 Å². The average molecular weight is 294 g/mol. The van der Waals surface area contributed by atoms with Crippen molar-refractivity contribution in [3.05, 3.63) is 53.4 Å². The zero-order chi connectivity index (χ0) is 15.4. The number of rotatable bonds is 6. The van der Waals surface area contributed by atoms with Gasteiger partial charge in [0.25, 0.3) is 0 Å². The van der Waals surface area contributed by atoms with Crippen LogP contribution in [0.25, 0.3) is 0 Å². The monoisotopic (exact) mass is 294 g/mol. The molecule has 4 nitrogen and oxygen atoms in total. The van der Waals surface area contributed by atoms with Gasteiger partial charge in [0.05, 0.1) is 11.3 Å².